The molecule has 2 aromatic carbocycles. The first-order valence-corrected chi connectivity index (χ1v) is 27.6. The van der Waals surface area contributed by atoms with Crippen LogP contribution >= 0.6 is 11.3 Å². The minimum absolute atomic E-state index is 0.0200. The van der Waals surface area contributed by atoms with Crippen LogP contribution in [0.1, 0.15) is 90.3 Å². The van der Waals surface area contributed by atoms with Crippen LogP contribution in [-0.4, -0.2) is 133 Å². The van der Waals surface area contributed by atoms with Gasteiger partial charge in [-0.3, -0.25) is 34.1 Å². The van der Waals surface area contributed by atoms with E-state index in [1.54, 1.807) is 18.6 Å². The number of rotatable bonds is 22. The fourth-order valence-corrected chi connectivity index (χ4v) is 14.7. The van der Waals surface area contributed by atoms with Crippen LogP contribution in [0.3, 0.4) is 0 Å². The Labute approximate surface area is 464 Å². The summed E-state index contributed by atoms with van der Waals surface area (Å²) in [5, 5.41) is 24.4. The second kappa shape index (κ2) is 21.9. The van der Waals surface area contributed by atoms with Gasteiger partial charge in [0.1, 0.15) is 31.3 Å². The molecule has 418 valence electrons. The maximum Gasteiger partial charge on any atom is 0.407 e. The summed E-state index contributed by atoms with van der Waals surface area (Å²) in [6.07, 6.45) is 10.9. The number of anilines is 2. The molecule has 4 saturated carbocycles. The van der Waals surface area contributed by atoms with E-state index in [9.17, 15) is 33.9 Å². The maximum absolute atomic E-state index is 13.5. The number of nitrogens with one attached hydrogen (secondary N) is 3. The molecule has 80 heavy (non-hydrogen) atoms. The minimum Gasteiger partial charge on any atom is -0.491 e. The molecule has 5 amide bonds. The number of thiazole rings is 1. The monoisotopic (exact) mass is 1110 g/mol. The number of nitrogens with zero attached hydrogens (tertiary/aromatic N) is 8. The van der Waals surface area contributed by atoms with Gasteiger partial charge in [0.25, 0.3) is 17.7 Å². The number of amides is 5. The number of aromatic carboxylic acids is 1. The molecule has 0 spiro atoms. The molecule has 22 nitrogen and oxygen atoms in total. The van der Waals surface area contributed by atoms with Crippen molar-refractivity contribution in [1.29, 1.82) is 0 Å². The van der Waals surface area contributed by atoms with Gasteiger partial charge < -0.3 is 44.2 Å². The second-order valence-electron chi connectivity index (χ2n) is 22.5. The molecule has 4 bridgehead atoms. The molecule has 6 heterocycles. The second-order valence-corrected chi connectivity index (χ2v) is 23.5. The highest BCUT2D eigenvalue weighted by Gasteiger charge is 2.66. The van der Waals surface area contributed by atoms with Crippen molar-refractivity contribution < 1.29 is 52.8 Å². The molecule has 12 rings (SSSR count). The number of imide groups is 1. The van der Waals surface area contributed by atoms with Gasteiger partial charge >= 0.3 is 12.1 Å². The molecule has 6 aromatic rings. The van der Waals surface area contributed by atoms with E-state index in [2.05, 4.69) is 39.8 Å². The molecule has 4 aliphatic carbocycles. The van der Waals surface area contributed by atoms with E-state index in [4.69, 9.17) is 29.0 Å². The predicted octanol–water partition coefficient (Wildman–Crippen LogP) is 6.53. The van der Waals surface area contributed by atoms with Crippen molar-refractivity contribution in [3.8, 4) is 16.9 Å². The van der Waals surface area contributed by atoms with Crippen molar-refractivity contribution in [2.45, 2.75) is 91.1 Å². The van der Waals surface area contributed by atoms with Crippen LogP contribution in [0.25, 0.3) is 21.3 Å². The third-order valence-electron chi connectivity index (χ3n) is 15.9. The Kier molecular flexibility index (Phi) is 14.8. The van der Waals surface area contributed by atoms with Gasteiger partial charge in [0.15, 0.2) is 16.5 Å². The molecule has 0 saturated heterocycles. The highest BCUT2D eigenvalue weighted by molar-refractivity contribution is 7.22. The first-order valence-electron chi connectivity index (χ1n) is 26.8. The molecule has 23 heteroatoms. The van der Waals surface area contributed by atoms with Crippen molar-refractivity contribution in [3.05, 3.63) is 114 Å². The average Bonchev–Trinajstić information content (AvgIpc) is 4.30. The summed E-state index contributed by atoms with van der Waals surface area (Å²) in [5.74, 6) is -2.02. The molecule has 4 N–H and O–H groups in total. The van der Waals surface area contributed by atoms with E-state index >= 15 is 0 Å². The Hall–Kier alpha value is -8.02. The quantitative estimate of drug-likeness (QED) is 0.0416. The van der Waals surface area contributed by atoms with Gasteiger partial charge in [-0.1, -0.05) is 55.5 Å². The lowest BCUT2D eigenvalue weighted by Gasteiger charge is -2.69. The number of alkyl carbamates (subject to hydrolysis) is 1. The first-order chi connectivity index (χ1) is 38.5. The van der Waals surface area contributed by atoms with Crippen LogP contribution in [0.2, 0.25) is 0 Å². The van der Waals surface area contributed by atoms with Crippen molar-refractivity contribution in [2.75, 3.05) is 62.8 Å². The first kappa shape index (κ1) is 54.0. The lowest BCUT2D eigenvalue weighted by Crippen LogP contribution is -2.64. The van der Waals surface area contributed by atoms with Gasteiger partial charge in [0.05, 0.1) is 60.4 Å². The molecule has 4 aromatic heterocycles. The van der Waals surface area contributed by atoms with Gasteiger partial charge in [0, 0.05) is 67.3 Å². The molecule has 0 radical (unpaired) electrons. The van der Waals surface area contributed by atoms with Crippen LogP contribution in [0.4, 0.5) is 15.7 Å². The van der Waals surface area contributed by atoms with Crippen LogP contribution < -0.4 is 25.6 Å². The topological polar surface area (TPSA) is 264 Å². The Morgan fingerprint density at radius 3 is 2.35 bits per heavy atom. The molecule has 4 fully saturated rings. The summed E-state index contributed by atoms with van der Waals surface area (Å²) in [4.78, 5) is 91.5. The summed E-state index contributed by atoms with van der Waals surface area (Å²) in [7, 11) is 0. The predicted molar refractivity (Wildman–Crippen MR) is 293 cm³/mol. The van der Waals surface area contributed by atoms with E-state index in [-0.39, 0.29) is 85.2 Å². The van der Waals surface area contributed by atoms with E-state index in [1.165, 1.54) is 11.3 Å². The number of imidazole rings is 1. The van der Waals surface area contributed by atoms with Crippen molar-refractivity contribution in [3.63, 3.8) is 0 Å². The summed E-state index contributed by atoms with van der Waals surface area (Å²) >= 11 is 1.39. The summed E-state index contributed by atoms with van der Waals surface area (Å²) in [6.45, 7) is 9.76. The van der Waals surface area contributed by atoms with Crippen LogP contribution in [0.15, 0.2) is 85.3 Å². The number of carbonyl (C=O) groups is 6. The van der Waals surface area contributed by atoms with Gasteiger partial charge in [-0.05, 0) is 92.0 Å². The molecular formula is C57H63N11O11S. The molecule has 2 unspecified atom stereocenters. The summed E-state index contributed by atoms with van der Waals surface area (Å²) in [6, 6.07) is 18.6. The Morgan fingerprint density at radius 1 is 0.800 bits per heavy atom. The molecule has 6 aliphatic rings. The standard InChI is InChI=1S/C57H63N11O11S/c1-36-39(38-12-13-44(63-48(38)51(73)74)65-18-19-66-35-60-49(41(66)25-65)50(72)64-52-62-40-9-5-7-11-43(40)80-52)24-61-68(36)34-56-29-54(2)28-55(3,30-56)32-57(31-54,33-56)79-21-17-59-53(75)78-27-37-8-4-6-10-42(37)77-23-22-76-20-16-58-45(69)26-67-46(70)14-15-47(67)71/h4-15,24,35H,16-23,25-34H2,1-3H3,(H,58,69)(H,59,75)(H,73,74)(H,62,64,72). The SMILES string of the molecule is Cc1c(-c2ccc(N3CCn4cnc(C(=O)Nc5nc6ccccc6s5)c4C3)nc2C(=O)O)cnn1CC12CC3(C)CC(C)(C1)CC(OCCNC(=O)OCc1ccccc1OCCOCCNC(=O)CN1C(=O)C=CC1=O)(C3)C2. The smallest absolute Gasteiger partial charge is 0.407 e. The normalized spacial score (nSPS) is 22.7. The lowest BCUT2D eigenvalue weighted by atomic mass is 9.39. The summed E-state index contributed by atoms with van der Waals surface area (Å²) in [5.41, 5.74) is 3.96. The average molecular weight is 1110 g/mol. The molecule has 2 atom stereocenters. The third-order valence-corrected chi connectivity index (χ3v) is 16.9. The Bertz CT molecular complexity index is 3370. The van der Waals surface area contributed by atoms with Crippen molar-refractivity contribution in [2.24, 2.45) is 16.2 Å². The van der Waals surface area contributed by atoms with E-state index in [0.29, 0.717) is 71.9 Å². The zero-order valence-electron chi connectivity index (χ0n) is 44.8. The van der Waals surface area contributed by atoms with Crippen molar-refractivity contribution >= 4 is 68.2 Å². The van der Waals surface area contributed by atoms with Gasteiger partial charge in [-0.25, -0.2) is 24.5 Å². The zero-order chi connectivity index (χ0) is 55.8. The van der Waals surface area contributed by atoms with Gasteiger partial charge in [-0.15, -0.1) is 0 Å². The van der Waals surface area contributed by atoms with E-state index in [1.807, 2.05) is 75.7 Å². The van der Waals surface area contributed by atoms with Crippen LogP contribution in [-0.2, 0) is 54.8 Å². The number of fused-ring (bicyclic) bond motifs is 2. The largest absolute Gasteiger partial charge is 0.491 e. The Morgan fingerprint density at radius 2 is 1.56 bits per heavy atom. The number of hydrogen-bond acceptors (Lipinski definition) is 16. The van der Waals surface area contributed by atoms with Gasteiger partial charge in [-0.2, -0.15) is 5.10 Å². The summed E-state index contributed by atoms with van der Waals surface area (Å²) < 4.78 is 28.9. The minimum atomic E-state index is -1.15. The lowest BCUT2D eigenvalue weighted by molar-refractivity contribution is -0.247. The number of carboxylic acid groups (broad SMARTS) is 1. The number of hydrogen-bond donors (Lipinski definition) is 4. The zero-order valence-corrected chi connectivity index (χ0v) is 45.6. The molecular weight excluding hydrogens is 1050 g/mol. The number of carbonyl (C=O) groups excluding carboxylic acids is 5. The highest BCUT2D eigenvalue weighted by Crippen LogP contribution is 2.72. The molecule has 2 aliphatic heterocycles. The van der Waals surface area contributed by atoms with Gasteiger partial charge in [0.2, 0.25) is 5.91 Å². The van der Waals surface area contributed by atoms with E-state index in [0.717, 1.165) is 71.5 Å². The number of carboxylic acids is 1. The maximum atomic E-state index is 13.5. The number of benzene rings is 2. The van der Waals surface area contributed by atoms with Crippen molar-refractivity contribution in [1.82, 2.24) is 44.8 Å². The van der Waals surface area contributed by atoms with E-state index < -0.39 is 29.8 Å². The third kappa shape index (κ3) is 11.4. The Balaban J connectivity index is 0.668. The highest BCUT2D eigenvalue weighted by atomic mass is 32.1. The number of ether oxygens (including phenoxy) is 4. The number of para-hydroxylation sites is 2. The number of pyridine rings is 1. The van der Waals surface area contributed by atoms with Crippen LogP contribution in [0, 0.1) is 23.2 Å². The number of aromatic nitrogens is 6. The van der Waals surface area contributed by atoms with Crippen LogP contribution in [0.5, 0.6) is 5.75 Å². The fraction of sp³-hybridized carbons (Fsp3) is 0.439. The fourth-order valence-electron chi connectivity index (χ4n) is 13.8.